The Balaban J connectivity index is 1.54. The van der Waals surface area contributed by atoms with Crippen LogP contribution in [-0.2, 0) is 28.7 Å². The van der Waals surface area contributed by atoms with Crippen LogP contribution in [0.4, 0.5) is 4.79 Å². The lowest BCUT2D eigenvalue weighted by Crippen LogP contribution is -2.61. The van der Waals surface area contributed by atoms with E-state index in [1.54, 1.807) is 11.1 Å². The molecule has 218 valence electrons. The number of nitrogens with zero attached hydrogens (tertiary/aromatic N) is 2. The number of methoxy groups -OCH3 is 1. The van der Waals surface area contributed by atoms with E-state index < -0.39 is 57.0 Å². The van der Waals surface area contributed by atoms with E-state index >= 15 is 0 Å². The van der Waals surface area contributed by atoms with Crippen molar-refractivity contribution in [1.29, 1.82) is 0 Å². The lowest BCUT2D eigenvalue weighted by molar-refractivity contribution is -0.135. The molecule has 2 aliphatic heterocycles. The predicted octanol–water partition coefficient (Wildman–Crippen LogP) is 2.59. The molecule has 2 atom stereocenters. The third-order valence-corrected chi connectivity index (χ3v) is 10.7. The second-order valence-corrected chi connectivity index (χ2v) is 14.6. The molecule has 2 aromatic rings. The molecular weight excluding hydrogens is 535 g/mol. The summed E-state index contributed by atoms with van der Waals surface area (Å²) >= 11 is 0. The van der Waals surface area contributed by atoms with Gasteiger partial charge in [-0.15, -0.1) is 0 Å². The number of aromatic nitrogens is 2. The zero-order chi connectivity index (χ0) is 29.7. The average Bonchev–Trinajstić information content (AvgIpc) is 3.59. The van der Waals surface area contributed by atoms with Crippen molar-refractivity contribution in [2.24, 2.45) is 0 Å². The number of imidazole rings is 1. The predicted molar refractivity (Wildman–Crippen MR) is 152 cm³/mol. The van der Waals surface area contributed by atoms with Crippen molar-refractivity contribution in [2.75, 3.05) is 19.9 Å². The van der Waals surface area contributed by atoms with Gasteiger partial charge in [-0.25, -0.2) is 18.2 Å². The van der Waals surface area contributed by atoms with Crippen molar-refractivity contribution >= 4 is 34.4 Å². The molecule has 2 fully saturated rings. The average molecular weight is 575 g/mol. The number of alkyl carbamates (subject to hydrolysis) is 1. The first-order chi connectivity index (χ1) is 18.5. The Bertz CT molecular complexity index is 1360. The summed E-state index contributed by atoms with van der Waals surface area (Å²) in [6, 6.07) is 6.09. The maximum absolute atomic E-state index is 13.7. The Morgan fingerprint density at radius 1 is 1.18 bits per heavy atom. The molecule has 0 aliphatic carbocycles. The molecule has 0 spiro atoms. The van der Waals surface area contributed by atoms with Gasteiger partial charge in [-0.05, 0) is 65.4 Å². The summed E-state index contributed by atoms with van der Waals surface area (Å²) < 4.78 is 40.5. The second-order valence-electron chi connectivity index (χ2n) is 12.0. The van der Waals surface area contributed by atoms with Crippen LogP contribution in [0.1, 0.15) is 66.3 Å². The molecule has 2 saturated heterocycles. The molecule has 0 radical (unpaired) electrons. The van der Waals surface area contributed by atoms with Crippen molar-refractivity contribution in [1.82, 2.24) is 20.2 Å². The van der Waals surface area contributed by atoms with E-state index in [2.05, 4.69) is 20.0 Å². The highest BCUT2D eigenvalue weighted by atomic mass is 32.2. The van der Waals surface area contributed by atoms with Crippen molar-refractivity contribution in [3.05, 3.63) is 36.3 Å². The minimum Gasteiger partial charge on any atom is -0.453 e. The Labute approximate surface area is 236 Å². The number of carbonyl (C=O) groups is 2. The molecule has 4 rings (SSSR count). The van der Waals surface area contributed by atoms with Crippen LogP contribution in [-0.4, -0.2) is 84.3 Å². The van der Waals surface area contributed by atoms with E-state index in [1.165, 1.54) is 13.8 Å². The molecular formula is C27H39BN4O7S. The van der Waals surface area contributed by atoms with Gasteiger partial charge in [0.15, 0.2) is 9.84 Å². The fourth-order valence-electron chi connectivity index (χ4n) is 4.86. The maximum atomic E-state index is 13.7. The summed E-state index contributed by atoms with van der Waals surface area (Å²) in [5, 5.41) is 2.45. The number of likely N-dealkylation sites (tertiary alicyclic amines) is 1. The Kier molecular flexibility index (Phi) is 7.89. The van der Waals surface area contributed by atoms with E-state index in [-0.39, 0.29) is 0 Å². The van der Waals surface area contributed by atoms with Gasteiger partial charge < -0.3 is 29.2 Å². The van der Waals surface area contributed by atoms with Crippen LogP contribution in [0.2, 0.25) is 0 Å². The zero-order valence-corrected chi connectivity index (χ0v) is 25.2. The normalized spacial score (nSPS) is 21.4. The number of benzene rings is 1. The Morgan fingerprint density at radius 3 is 2.33 bits per heavy atom. The first-order valence-electron chi connectivity index (χ1n) is 13.3. The number of amides is 2. The lowest BCUT2D eigenvalue weighted by atomic mass is 9.79. The molecule has 40 heavy (non-hydrogen) atoms. The monoisotopic (exact) mass is 574 g/mol. The van der Waals surface area contributed by atoms with Gasteiger partial charge in [-0.3, -0.25) is 4.79 Å². The van der Waals surface area contributed by atoms with Gasteiger partial charge in [-0.2, -0.15) is 0 Å². The summed E-state index contributed by atoms with van der Waals surface area (Å²) in [5.74, 6) is 0.0814. The molecule has 0 bridgehead atoms. The fraction of sp³-hybridized carbons (Fsp3) is 0.593. The summed E-state index contributed by atoms with van der Waals surface area (Å²) in [7, 11) is -3.02. The van der Waals surface area contributed by atoms with Crippen LogP contribution in [0.5, 0.6) is 0 Å². The fourth-order valence-corrected chi connectivity index (χ4v) is 5.44. The minimum atomic E-state index is -3.73. The lowest BCUT2D eigenvalue weighted by Gasteiger charge is -2.36. The van der Waals surface area contributed by atoms with Crippen molar-refractivity contribution in [3.8, 4) is 11.3 Å². The molecule has 2 N–H and O–H groups in total. The van der Waals surface area contributed by atoms with Crippen molar-refractivity contribution < 1.29 is 32.1 Å². The third kappa shape index (κ3) is 5.51. The molecule has 0 unspecified atom stereocenters. The standard InChI is InChI=1S/C27H39BN4O7S/c1-25(2,40(8,35)36)21(31-24(34)37-7)23(33)32-15-9-10-20(32)22-29-16-19(30-22)17-11-13-18(14-12-17)28-38-26(3,4)27(5,6)39-28/h11-14,16,20-21H,9-10,15H2,1-8H3,(H,29,30)(H,31,34)/t20-,21-/m1/s1. The van der Waals surface area contributed by atoms with Crippen molar-refractivity contribution in [2.45, 2.75) is 82.4 Å². The third-order valence-electron chi connectivity index (χ3n) is 8.54. The van der Waals surface area contributed by atoms with Crippen LogP contribution in [0.25, 0.3) is 11.3 Å². The molecule has 1 aromatic heterocycles. The highest BCUT2D eigenvalue weighted by Crippen LogP contribution is 2.37. The number of hydrogen-bond donors (Lipinski definition) is 2. The van der Waals surface area contributed by atoms with Gasteiger partial charge in [-0.1, -0.05) is 24.3 Å². The van der Waals surface area contributed by atoms with Gasteiger partial charge in [0.2, 0.25) is 5.91 Å². The molecule has 11 nitrogen and oxygen atoms in total. The number of aromatic amines is 1. The number of carbonyl (C=O) groups excluding carboxylic acids is 2. The highest BCUT2D eigenvalue weighted by Gasteiger charge is 2.52. The second kappa shape index (κ2) is 10.5. The van der Waals surface area contributed by atoms with Crippen LogP contribution in [0.15, 0.2) is 30.5 Å². The van der Waals surface area contributed by atoms with Crippen LogP contribution in [0.3, 0.4) is 0 Å². The van der Waals surface area contributed by atoms with E-state index in [0.29, 0.717) is 25.2 Å². The first-order valence-corrected chi connectivity index (χ1v) is 15.2. The van der Waals surface area contributed by atoms with Gasteiger partial charge in [0.1, 0.15) is 11.9 Å². The smallest absolute Gasteiger partial charge is 0.453 e. The topological polar surface area (TPSA) is 140 Å². The quantitative estimate of drug-likeness (QED) is 0.481. The maximum Gasteiger partial charge on any atom is 0.494 e. The van der Waals surface area contributed by atoms with Crippen LogP contribution < -0.4 is 10.8 Å². The van der Waals surface area contributed by atoms with Gasteiger partial charge >= 0.3 is 13.2 Å². The number of H-pyrrole nitrogens is 1. The molecule has 0 saturated carbocycles. The largest absolute Gasteiger partial charge is 0.494 e. The minimum absolute atomic E-state index is 0.400. The van der Waals surface area contributed by atoms with E-state index in [9.17, 15) is 18.0 Å². The number of nitrogens with one attached hydrogen (secondary N) is 2. The number of ether oxygens (including phenoxy) is 1. The molecule has 1 aromatic carbocycles. The SMILES string of the molecule is COC(=O)N[C@H](C(=O)N1CCC[C@@H]1c1ncc(-c2ccc(B3OC(C)(C)C(C)(C)O3)cc2)[nH]1)C(C)(C)S(C)(=O)=O. The summed E-state index contributed by atoms with van der Waals surface area (Å²) in [6.45, 7) is 11.3. The number of sulfone groups is 1. The van der Waals surface area contributed by atoms with E-state index in [0.717, 1.165) is 30.1 Å². The molecule has 13 heteroatoms. The van der Waals surface area contributed by atoms with Gasteiger partial charge in [0, 0.05) is 12.8 Å². The Hall–Kier alpha value is -2.90. The molecule has 2 aliphatic rings. The highest BCUT2D eigenvalue weighted by molar-refractivity contribution is 7.92. The molecule has 3 heterocycles. The number of rotatable bonds is 7. The van der Waals surface area contributed by atoms with E-state index in [4.69, 9.17) is 9.31 Å². The summed E-state index contributed by atoms with van der Waals surface area (Å²) in [4.78, 5) is 35.3. The summed E-state index contributed by atoms with van der Waals surface area (Å²) in [6.07, 6.45) is 3.23. The van der Waals surface area contributed by atoms with Gasteiger partial charge in [0.05, 0.1) is 41.0 Å². The molecule has 2 amide bonds. The Morgan fingerprint density at radius 2 is 1.77 bits per heavy atom. The summed E-state index contributed by atoms with van der Waals surface area (Å²) in [5.41, 5.74) is 1.73. The first kappa shape index (κ1) is 30.1. The van der Waals surface area contributed by atoms with Gasteiger partial charge in [0.25, 0.3) is 0 Å². The zero-order valence-electron chi connectivity index (χ0n) is 24.4. The van der Waals surface area contributed by atoms with Crippen molar-refractivity contribution in [3.63, 3.8) is 0 Å². The van der Waals surface area contributed by atoms with Crippen LogP contribution >= 0.6 is 0 Å². The number of hydrogen-bond acceptors (Lipinski definition) is 8. The van der Waals surface area contributed by atoms with Crippen LogP contribution in [0, 0.1) is 0 Å². The van der Waals surface area contributed by atoms with E-state index in [1.807, 2.05) is 52.0 Å².